The molecule has 0 spiro atoms. The van der Waals surface area contributed by atoms with Gasteiger partial charge in [-0.25, -0.2) is 4.98 Å². The molecule has 22 heavy (non-hydrogen) atoms. The van der Waals surface area contributed by atoms with Gasteiger partial charge in [0, 0.05) is 38.5 Å². The Labute approximate surface area is 131 Å². The minimum Gasteiger partial charge on any atom is -0.390 e. The number of imidazole rings is 1. The standard InChI is InChI=1S/C15H27N3O4/c1-18-4-3-17-14(18)9-16-10-15(11-22-6-5-21-2)7-12(19)13(20)8-15/h3-4,12-13,16,19-20H,5-11H2,1-2H3. The van der Waals surface area contributed by atoms with E-state index in [2.05, 4.69) is 10.3 Å². The Morgan fingerprint density at radius 1 is 1.36 bits per heavy atom. The molecule has 1 saturated carbocycles. The highest BCUT2D eigenvalue weighted by molar-refractivity contribution is 4.97. The monoisotopic (exact) mass is 313 g/mol. The number of hydrogen-bond acceptors (Lipinski definition) is 6. The second-order valence-electron chi connectivity index (χ2n) is 6.15. The normalized spacial score (nSPS) is 28.4. The Morgan fingerprint density at radius 2 is 2.09 bits per heavy atom. The van der Waals surface area contributed by atoms with Crippen molar-refractivity contribution in [3.8, 4) is 0 Å². The lowest BCUT2D eigenvalue weighted by Crippen LogP contribution is -2.37. The summed E-state index contributed by atoms with van der Waals surface area (Å²) in [5.41, 5.74) is -0.252. The second kappa shape index (κ2) is 8.03. The smallest absolute Gasteiger partial charge is 0.122 e. The summed E-state index contributed by atoms with van der Waals surface area (Å²) in [5.74, 6) is 0.953. The van der Waals surface area contributed by atoms with Crippen LogP contribution in [-0.2, 0) is 23.1 Å². The Bertz CT molecular complexity index is 442. The van der Waals surface area contributed by atoms with Crippen molar-refractivity contribution in [2.45, 2.75) is 31.6 Å². The van der Waals surface area contributed by atoms with Crippen molar-refractivity contribution in [1.29, 1.82) is 0 Å². The molecule has 0 bridgehead atoms. The maximum atomic E-state index is 9.89. The predicted molar refractivity (Wildman–Crippen MR) is 81.3 cm³/mol. The van der Waals surface area contributed by atoms with Gasteiger partial charge < -0.3 is 29.6 Å². The van der Waals surface area contributed by atoms with Crippen molar-refractivity contribution >= 4 is 0 Å². The summed E-state index contributed by atoms with van der Waals surface area (Å²) >= 11 is 0. The van der Waals surface area contributed by atoms with Crippen LogP contribution in [0.25, 0.3) is 0 Å². The number of methoxy groups -OCH3 is 1. The highest BCUT2D eigenvalue weighted by Crippen LogP contribution is 2.38. The minimum absolute atomic E-state index is 0.252. The number of nitrogens with one attached hydrogen (secondary N) is 1. The van der Waals surface area contributed by atoms with Crippen molar-refractivity contribution in [2.75, 3.05) is 33.5 Å². The molecule has 3 N–H and O–H groups in total. The fourth-order valence-corrected chi connectivity index (χ4v) is 2.99. The lowest BCUT2D eigenvalue weighted by Gasteiger charge is -2.29. The van der Waals surface area contributed by atoms with Crippen LogP contribution in [0.4, 0.5) is 0 Å². The molecule has 0 radical (unpaired) electrons. The molecule has 1 fully saturated rings. The van der Waals surface area contributed by atoms with Crippen LogP contribution in [0.5, 0.6) is 0 Å². The molecule has 0 aliphatic heterocycles. The molecule has 1 aromatic rings. The fraction of sp³-hybridized carbons (Fsp3) is 0.800. The molecule has 7 heteroatoms. The van der Waals surface area contributed by atoms with Crippen LogP contribution in [0, 0.1) is 5.41 Å². The lowest BCUT2D eigenvalue weighted by molar-refractivity contribution is 0.0111. The molecule has 0 aromatic carbocycles. The van der Waals surface area contributed by atoms with Gasteiger partial charge in [-0.2, -0.15) is 0 Å². The van der Waals surface area contributed by atoms with E-state index in [9.17, 15) is 10.2 Å². The molecule has 1 aliphatic carbocycles. The van der Waals surface area contributed by atoms with Gasteiger partial charge in [-0.1, -0.05) is 0 Å². The number of aliphatic hydroxyl groups excluding tert-OH is 2. The van der Waals surface area contributed by atoms with Crippen molar-refractivity contribution in [3.63, 3.8) is 0 Å². The third-order valence-electron chi connectivity index (χ3n) is 4.27. The summed E-state index contributed by atoms with van der Waals surface area (Å²) in [6.45, 7) is 2.88. The van der Waals surface area contributed by atoms with Gasteiger partial charge in [0.05, 0.1) is 38.6 Å². The van der Waals surface area contributed by atoms with Gasteiger partial charge in [-0.3, -0.25) is 0 Å². The molecular formula is C15H27N3O4. The Kier molecular flexibility index (Phi) is 6.34. The van der Waals surface area contributed by atoms with Gasteiger partial charge in [0.25, 0.3) is 0 Å². The van der Waals surface area contributed by atoms with E-state index in [1.807, 2.05) is 17.8 Å². The Hall–Kier alpha value is -0.990. The molecular weight excluding hydrogens is 286 g/mol. The fourth-order valence-electron chi connectivity index (χ4n) is 2.99. The first-order valence-corrected chi connectivity index (χ1v) is 7.66. The van der Waals surface area contributed by atoms with Crippen LogP contribution in [0.3, 0.4) is 0 Å². The number of hydrogen-bond donors (Lipinski definition) is 3. The number of aryl methyl sites for hydroxylation is 1. The molecule has 1 aliphatic rings. The first-order chi connectivity index (χ1) is 10.6. The highest BCUT2D eigenvalue weighted by Gasteiger charge is 2.44. The van der Waals surface area contributed by atoms with Gasteiger partial charge in [0.15, 0.2) is 0 Å². The summed E-state index contributed by atoms with van der Waals surface area (Å²) in [6, 6.07) is 0. The topological polar surface area (TPSA) is 88.8 Å². The van der Waals surface area contributed by atoms with Gasteiger partial charge >= 0.3 is 0 Å². The average Bonchev–Trinajstić information content (AvgIpc) is 3.00. The van der Waals surface area contributed by atoms with Crippen LogP contribution in [0.15, 0.2) is 12.4 Å². The zero-order chi connectivity index (χ0) is 16.0. The first-order valence-electron chi connectivity index (χ1n) is 7.66. The highest BCUT2D eigenvalue weighted by atomic mass is 16.5. The Morgan fingerprint density at radius 3 is 2.68 bits per heavy atom. The number of aromatic nitrogens is 2. The largest absolute Gasteiger partial charge is 0.390 e. The summed E-state index contributed by atoms with van der Waals surface area (Å²) in [4.78, 5) is 4.27. The number of nitrogens with zero attached hydrogens (tertiary/aromatic N) is 2. The van der Waals surface area contributed by atoms with E-state index < -0.39 is 12.2 Å². The van der Waals surface area contributed by atoms with Crippen LogP contribution in [0.1, 0.15) is 18.7 Å². The zero-order valence-corrected chi connectivity index (χ0v) is 13.4. The minimum atomic E-state index is -0.680. The van der Waals surface area contributed by atoms with Gasteiger partial charge in [0.2, 0.25) is 0 Å². The molecule has 2 unspecified atom stereocenters. The summed E-state index contributed by atoms with van der Waals surface area (Å²) in [5, 5.41) is 23.2. The third kappa shape index (κ3) is 4.50. The predicted octanol–water partition coefficient (Wildman–Crippen LogP) is -0.325. The van der Waals surface area contributed by atoms with Crippen molar-refractivity contribution in [2.24, 2.45) is 12.5 Å². The van der Waals surface area contributed by atoms with E-state index in [4.69, 9.17) is 9.47 Å². The van der Waals surface area contributed by atoms with Crippen LogP contribution in [-0.4, -0.2) is 65.4 Å². The van der Waals surface area contributed by atoms with E-state index in [0.717, 1.165) is 5.82 Å². The maximum absolute atomic E-state index is 9.89. The molecule has 0 amide bonds. The average molecular weight is 313 g/mol. The SMILES string of the molecule is COCCOCC1(CNCc2nccn2C)CC(O)C(O)C1. The molecule has 1 aromatic heterocycles. The molecule has 126 valence electrons. The van der Waals surface area contributed by atoms with E-state index in [1.54, 1.807) is 13.3 Å². The lowest BCUT2D eigenvalue weighted by atomic mass is 9.86. The van der Waals surface area contributed by atoms with Gasteiger partial charge in [-0.05, 0) is 12.8 Å². The Balaban J connectivity index is 1.86. The van der Waals surface area contributed by atoms with E-state index in [-0.39, 0.29) is 5.41 Å². The van der Waals surface area contributed by atoms with Crippen molar-refractivity contribution in [1.82, 2.24) is 14.9 Å². The van der Waals surface area contributed by atoms with Gasteiger partial charge in [-0.15, -0.1) is 0 Å². The van der Waals surface area contributed by atoms with Gasteiger partial charge in [0.1, 0.15) is 5.82 Å². The van der Waals surface area contributed by atoms with E-state index in [0.29, 0.717) is 45.8 Å². The maximum Gasteiger partial charge on any atom is 0.122 e. The third-order valence-corrected chi connectivity index (χ3v) is 4.27. The molecule has 2 rings (SSSR count). The van der Waals surface area contributed by atoms with E-state index >= 15 is 0 Å². The molecule has 2 atom stereocenters. The number of rotatable bonds is 9. The molecule has 0 saturated heterocycles. The van der Waals surface area contributed by atoms with Crippen LogP contribution < -0.4 is 5.32 Å². The zero-order valence-electron chi connectivity index (χ0n) is 13.4. The van der Waals surface area contributed by atoms with E-state index in [1.165, 1.54) is 0 Å². The molecule has 1 heterocycles. The van der Waals surface area contributed by atoms with Crippen molar-refractivity contribution < 1.29 is 19.7 Å². The van der Waals surface area contributed by atoms with Crippen molar-refractivity contribution in [3.05, 3.63) is 18.2 Å². The summed E-state index contributed by atoms with van der Waals surface area (Å²) in [6.07, 6.45) is 3.39. The second-order valence-corrected chi connectivity index (χ2v) is 6.15. The number of aliphatic hydroxyl groups is 2. The molecule has 7 nitrogen and oxygen atoms in total. The van der Waals surface area contributed by atoms with Crippen LogP contribution in [0.2, 0.25) is 0 Å². The summed E-state index contributed by atoms with van der Waals surface area (Å²) in [7, 11) is 3.59. The van der Waals surface area contributed by atoms with Crippen LogP contribution >= 0.6 is 0 Å². The first kappa shape index (κ1) is 17.4. The quantitative estimate of drug-likeness (QED) is 0.541. The summed E-state index contributed by atoms with van der Waals surface area (Å²) < 4.78 is 12.6. The number of ether oxygens (including phenoxy) is 2.